The summed E-state index contributed by atoms with van der Waals surface area (Å²) in [5.74, 6) is -0.0683. The van der Waals surface area contributed by atoms with Gasteiger partial charge < -0.3 is 10.1 Å². The monoisotopic (exact) mass is 654 g/mol. The molecule has 3 amide bonds. The minimum atomic E-state index is -4.79. The Hall–Kier alpha value is -4.72. The summed E-state index contributed by atoms with van der Waals surface area (Å²) < 4.78 is 58.0. The van der Waals surface area contributed by atoms with Crippen LogP contribution in [0.2, 0.25) is 0 Å². The van der Waals surface area contributed by atoms with Crippen LogP contribution in [-0.2, 0) is 11.2 Å². The van der Waals surface area contributed by atoms with Crippen LogP contribution < -0.4 is 15.0 Å². The Morgan fingerprint density at radius 3 is 2.50 bits per heavy atom. The first-order chi connectivity index (χ1) is 21.9. The average Bonchev–Trinajstić information content (AvgIpc) is 3.64. The lowest BCUT2D eigenvalue weighted by Gasteiger charge is -2.21. The number of benzene rings is 3. The van der Waals surface area contributed by atoms with Crippen molar-refractivity contribution in [3.8, 4) is 22.8 Å². The van der Waals surface area contributed by atoms with E-state index in [0.29, 0.717) is 28.3 Å². The Morgan fingerprint density at radius 1 is 1.11 bits per heavy atom. The van der Waals surface area contributed by atoms with Crippen LogP contribution in [0, 0.1) is 6.92 Å². The molecule has 1 aromatic heterocycles. The Labute approximate surface area is 266 Å². The van der Waals surface area contributed by atoms with E-state index >= 15 is 4.39 Å². The molecule has 46 heavy (non-hydrogen) atoms. The van der Waals surface area contributed by atoms with Crippen LogP contribution in [0.15, 0.2) is 78.0 Å². The smallest absolute Gasteiger partial charge is 0.406 e. The summed E-state index contributed by atoms with van der Waals surface area (Å²) in [6.45, 7) is 5.50. The van der Waals surface area contributed by atoms with Crippen molar-refractivity contribution in [2.24, 2.45) is 4.99 Å². The van der Waals surface area contributed by atoms with Gasteiger partial charge in [0.25, 0.3) is 0 Å². The van der Waals surface area contributed by atoms with Crippen molar-refractivity contribution in [1.82, 2.24) is 20.1 Å². The predicted molar refractivity (Wildman–Crippen MR) is 168 cm³/mol. The molecule has 1 saturated heterocycles. The lowest BCUT2D eigenvalue weighted by molar-refractivity contribution is -0.274. The minimum absolute atomic E-state index is 0.148. The second kappa shape index (κ2) is 13.7. The van der Waals surface area contributed by atoms with E-state index in [9.17, 15) is 22.8 Å². The Morgan fingerprint density at radius 2 is 1.83 bits per heavy atom. The molecule has 1 N–H and O–H groups in total. The van der Waals surface area contributed by atoms with Crippen LogP contribution in [0.4, 0.5) is 28.0 Å². The molecule has 0 aliphatic carbocycles. The third-order valence-electron chi connectivity index (χ3n) is 7.07. The van der Waals surface area contributed by atoms with Gasteiger partial charge in [-0.2, -0.15) is 4.99 Å². The zero-order valence-electron chi connectivity index (χ0n) is 25.1. The number of halogens is 4. The van der Waals surface area contributed by atoms with Crippen molar-refractivity contribution in [3.63, 3.8) is 0 Å². The Bertz CT molecular complexity index is 1740. The van der Waals surface area contributed by atoms with Crippen molar-refractivity contribution >= 4 is 34.6 Å². The summed E-state index contributed by atoms with van der Waals surface area (Å²) >= 11 is 1.16. The summed E-state index contributed by atoms with van der Waals surface area (Å²) in [7, 11) is 0. The fourth-order valence-electron chi connectivity index (χ4n) is 4.86. The van der Waals surface area contributed by atoms with Crippen molar-refractivity contribution < 1.29 is 31.9 Å². The van der Waals surface area contributed by atoms with Crippen molar-refractivity contribution in [2.75, 3.05) is 10.7 Å². The topological polar surface area (TPSA) is 102 Å². The molecule has 2 unspecified atom stereocenters. The van der Waals surface area contributed by atoms with Crippen LogP contribution in [-0.4, -0.2) is 50.0 Å². The molecule has 1 aliphatic heterocycles. The van der Waals surface area contributed by atoms with Crippen molar-refractivity contribution in [1.29, 1.82) is 0 Å². The third-order valence-corrected chi connectivity index (χ3v) is 7.99. The summed E-state index contributed by atoms with van der Waals surface area (Å²) in [5.41, 5.74) is 4.00. The normalized spacial score (nSPS) is 15.7. The molecule has 0 radical (unpaired) electrons. The van der Waals surface area contributed by atoms with Gasteiger partial charge in [-0.1, -0.05) is 61.5 Å². The lowest BCUT2D eigenvalue weighted by atomic mass is 10.0. The zero-order valence-corrected chi connectivity index (χ0v) is 25.9. The van der Waals surface area contributed by atoms with Crippen LogP contribution >= 0.6 is 11.8 Å². The Kier molecular flexibility index (Phi) is 9.75. The van der Waals surface area contributed by atoms with E-state index in [4.69, 9.17) is 0 Å². The number of thioether (sulfide) groups is 1. The second-order valence-electron chi connectivity index (χ2n) is 10.6. The number of aliphatic imine (C=N–C) groups is 1. The molecule has 5 rings (SSSR count). The highest BCUT2D eigenvalue weighted by atomic mass is 32.2. The number of ether oxygens (including phenoxy) is 1. The highest BCUT2D eigenvalue weighted by molar-refractivity contribution is 8.15. The van der Waals surface area contributed by atoms with Crippen LogP contribution in [0.3, 0.4) is 0 Å². The molecular formula is C32H30F4N6O3S. The molecule has 0 saturated carbocycles. The van der Waals surface area contributed by atoms with E-state index in [0.717, 1.165) is 35.7 Å². The van der Waals surface area contributed by atoms with E-state index < -0.39 is 24.6 Å². The maximum Gasteiger partial charge on any atom is 0.573 e. The summed E-state index contributed by atoms with van der Waals surface area (Å²) in [6, 6.07) is 15.7. The number of nitrogens with one attached hydrogen (secondary N) is 1. The lowest BCUT2D eigenvalue weighted by Crippen LogP contribution is -2.36. The number of anilines is 1. The number of amides is 3. The molecule has 0 spiro atoms. The van der Waals surface area contributed by atoms with Gasteiger partial charge in [-0.25, -0.2) is 18.9 Å². The van der Waals surface area contributed by atoms with Gasteiger partial charge in [0.2, 0.25) is 5.91 Å². The van der Waals surface area contributed by atoms with E-state index in [1.165, 1.54) is 47.1 Å². The number of carbonyl (C=O) groups is 2. The third kappa shape index (κ3) is 7.73. The van der Waals surface area contributed by atoms with Crippen molar-refractivity contribution in [2.45, 2.75) is 52.2 Å². The summed E-state index contributed by atoms with van der Waals surface area (Å²) in [5, 5.41) is 7.17. The number of rotatable bonds is 9. The number of aryl methyl sites for hydroxylation is 2. The van der Waals surface area contributed by atoms with E-state index in [2.05, 4.69) is 25.1 Å². The molecule has 9 nitrogen and oxygen atoms in total. The number of hydrogen-bond donors (Lipinski definition) is 1. The molecule has 240 valence electrons. The van der Waals surface area contributed by atoms with Crippen LogP contribution in [0.5, 0.6) is 5.75 Å². The first-order valence-electron chi connectivity index (χ1n) is 14.4. The maximum atomic E-state index is 15.4. The molecule has 4 aromatic rings. The molecule has 0 bridgehead atoms. The van der Waals surface area contributed by atoms with Gasteiger partial charge in [-0.15, -0.1) is 18.3 Å². The van der Waals surface area contributed by atoms with Crippen LogP contribution in [0.25, 0.3) is 17.1 Å². The number of hydrogen-bond acceptors (Lipinski definition) is 6. The van der Waals surface area contributed by atoms with Gasteiger partial charge in [0.1, 0.15) is 18.2 Å². The van der Waals surface area contributed by atoms with Gasteiger partial charge >= 0.3 is 12.4 Å². The van der Waals surface area contributed by atoms with Crippen molar-refractivity contribution in [3.05, 3.63) is 89.7 Å². The predicted octanol–water partition coefficient (Wildman–Crippen LogP) is 7.34. The average molecular weight is 655 g/mol. The molecule has 2 atom stereocenters. The number of carbonyl (C=O) groups excluding carboxylic acids is 2. The second-order valence-corrected chi connectivity index (χ2v) is 11.6. The quantitative estimate of drug-likeness (QED) is 0.190. The summed E-state index contributed by atoms with van der Waals surface area (Å²) in [6.07, 6.45) is -3.30. The van der Waals surface area contributed by atoms with Gasteiger partial charge in [-0.3, -0.25) is 9.69 Å². The van der Waals surface area contributed by atoms with E-state index in [1.807, 2.05) is 32.0 Å². The minimum Gasteiger partial charge on any atom is -0.406 e. The number of aromatic nitrogens is 3. The molecule has 1 aliphatic rings. The molecule has 3 aromatic carbocycles. The van der Waals surface area contributed by atoms with E-state index in [-0.39, 0.29) is 22.6 Å². The Balaban J connectivity index is 1.23. The molecule has 2 heterocycles. The van der Waals surface area contributed by atoms with Gasteiger partial charge in [0.05, 0.1) is 23.2 Å². The number of alkyl halides is 4. The number of nitrogens with zero attached hydrogens (tertiary/aromatic N) is 5. The van der Waals surface area contributed by atoms with Gasteiger partial charge in [0, 0.05) is 5.56 Å². The molecule has 14 heteroatoms. The van der Waals surface area contributed by atoms with E-state index in [1.54, 1.807) is 24.3 Å². The van der Waals surface area contributed by atoms with Crippen LogP contribution in [0.1, 0.15) is 43.1 Å². The fourth-order valence-corrected chi connectivity index (χ4v) is 5.71. The van der Waals surface area contributed by atoms with Gasteiger partial charge in [-0.05, 0) is 67.3 Å². The largest absolute Gasteiger partial charge is 0.573 e. The highest BCUT2D eigenvalue weighted by Crippen LogP contribution is 2.32. The molecular weight excluding hydrogens is 624 g/mol. The first kappa shape index (κ1) is 32.7. The number of urea groups is 1. The standard InChI is InChI=1S/C32H30F4N6O3S/c1-4-5-21-7-6-19(2)16-26(21)42-27(43)17-46-31(42)39-30(44)38-20(3)28(33)22-8-10-23(11-9-22)29-37-18-41(40-29)24-12-14-25(15-13-24)45-32(34,35)36/h6-16,18,20,28H,4-5,17H2,1-3H3,(H,38,44)/b39-31-. The summed E-state index contributed by atoms with van der Waals surface area (Å²) in [4.78, 5) is 35.5. The molecule has 1 fully saturated rings. The number of amidine groups is 1. The highest BCUT2D eigenvalue weighted by Gasteiger charge is 2.33. The zero-order chi connectivity index (χ0) is 33.0. The SMILES string of the molecule is CCCc1ccc(C)cc1N1C(=O)CS/C1=N\C(=O)NC(C)C(F)c1ccc(-c2ncn(-c3ccc(OC(F)(F)F)cc3)n2)cc1. The first-order valence-corrected chi connectivity index (χ1v) is 15.4. The van der Waals surface area contributed by atoms with Gasteiger partial charge in [0.15, 0.2) is 11.0 Å². The maximum absolute atomic E-state index is 15.4. The fraction of sp³-hybridized carbons (Fsp3) is 0.281.